The third kappa shape index (κ3) is 9.75. The SMILES string of the molecule is C=C/C(=C\C=C(\O)CC)CC.CCC1CN(c2ncc(NS(C)=O)cc2O)CCN1C1CCN(CC)CC1. The van der Waals surface area contributed by atoms with Gasteiger partial charge in [0, 0.05) is 50.5 Å². The number of nitrogens with one attached hydrogen (secondary N) is 1. The molecule has 2 saturated heterocycles. The highest BCUT2D eigenvalue weighted by molar-refractivity contribution is 7.85. The molecular weight excluding hydrogens is 498 g/mol. The van der Waals surface area contributed by atoms with E-state index in [-0.39, 0.29) is 5.75 Å². The van der Waals surface area contributed by atoms with E-state index in [1.807, 2.05) is 13.0 Å². The number of nitrogens with zero attached hydrogens (tertiary/aromatic N) is 4. The summed E-state index contributed by atoms with van der Waals surface area (Å²) in [5.74, 6) is 1.18. The van der Waals surface area contributed by atoms with Crippen molar-refractivity contribution in [3.63, 3.8) is 0 Å². The molecule has 3 heterocycles. The number of anilines is 2. The Hall–Kier alpha value is -2.36. The molecule has 0 radical (unpaired) electrons. The largest absolute Gasteiger partial charge is 0.512 e. The van der Waals surface area contributed by atoms with Gasteiger partial charge in [-0.05, 0) is 57.0 Å². The van der Waals surface area contributed by atoms with Crippen molar-refractivity contribution >= 4 is 22.5 Å². The van der Waals surface area contributed by atoms with Gasteiger partial charge in [0.15, 0.2) is 11.6 Å². The van der Waals surface area contributed by atoms with E-state index in [1.54, 1.807) is 30.7 Å². The van der Waals surface area contributed by atoms with E-state index in [1.165, 1.54) is 25.9 Å². The Morgan fingerprint density at radius 3 is 2.39 bits per heavy atom. The molecule has 0 aromatic carbocycles. The first kappa shape index (κ1) is 31.9. The van der Waals surface area contributed by atoms with E-state index in [2.05, 4.69) is 51.8 Å². The van der Waals surface area contributed by atoms with Crippen LogP contribution in [0.15, 0.2) is 48.4 Å². The van der Waals surface area contributed by atoms with Gasteiger partial charge in [-0.25, -0.2) is 9.19 Å². The lowest BCUT2D eigenvalue weighted by molar-refractivity contribution is 0.0646. The molecule has 1 aromatic heterocycles. The minimum absolute atomic E-state index is 0.144. The van der Waals surface area contributed by atoms with Crippen LogP contribution in [0.25, 0.3) is 0 Å². The molecule has 0 bridgehead atoms. The van der Waals surface area contributed by atoms with Crippen LogP contribution < -0.4 is 9.62 Å². The number of likely N-dealkylation sites (tertiary alicyclic amines) is 1. The van der Waals surface area contributed by atoms with Gasteiger partial charge in [0.2, 0.25) is 0 Å². The molecule has 0 spiro atoms. The maximum absolute atomic E-state index is 11.3. The number of rotatable bonds is 10. The fourth-order valence-corrected chi connectivity index (χ4v) is 5.48. The minimum Gasteiger partial charge on any atom is -0.512 e. The van der Waals surface area contributed by atoms with Crippen molar-refractivity contribution in [1.29, 1.82) is 0 Å². The number of pyridine rings is 1. The summed E-state index contributed by atoms with van der Waals surface area (Å²) in [6, 6.07) is 2.77. The monoisotopic (exact) mass is 547 g/mol. The van der Waals surface area contributed by atoms with E-state index in [9.17, 15) is 9.32 Å². The number of aromatic hydroxyl groups is 1. The van der Waals surface area contributed by atoms with Gasteiger partial charge in [-0.2, -0.15) is 0 Å². The lowest BCUT2D eigenvalue weighted by Gasteiger charge is -2.47. The third-order valence-corrected chi connectivity index (χ3v) is 7.93. The maximum Gasteiger partial charge on any atom is 0.171 e. The lowest BCUT2D eigenvalue weighted by atomic mass is 9.98. The Morgan fingerprint density at radius 2 is 1.87 bits per heavy atom. The van der Waals surface area contributed by atoms with Crippen LogP contribution in [0.4, 0.5) is 11.5 Å². The molecule has 3 rings (SSSR count). The summed E-state index contributed by atoms with van der Waals surface area (Å²) in [7, 11) is -1.18. The van der Waals surface area contributed by atoms with Gasteiger partial charge < -0.3 is 24.7 Å². The standard InChI is InChI=1S/C19H33N5O2S.C10H16O/c1-4-16-14-23(19-18(25)12-15(13-20-19)21-27(3)26)10-11-24(16)17-6-8-22(5-2)9-7-17;1-4-9(5-2)7-8-10(11)6-3/h12-13,16-17,21,25H,4-11,14H2,1-3H3;4,7-8,11H,1,5-6H2,2-3H3/b;9-7+,10-8+. The van der Waals surface area contributed by atoms with Crippen LogP contribution >= 0.6 is 0 Å². The predicted molar refractivity (Wildman–Crippen MR) is 161 cm³/mol. The first-order chi connectivity index (χ1) is 18.3. The molecule has 2 fully saturated rings. The number of aliphatic hydroxyl groups is 1. The molecule has 0 amide bonds. The van der Waals surface area contributed by atoms with Crippen LogP contribution in [0.3, 0.4) is 0 Å². The molecule has 8 nitrogen and oxygen atoms in total. The zero-order valence-electron chi connectivity index (χ0n) is 24.0. The van der Waals surface area contributed by atoms with Crippen LogP contribution in [0, 0.1) is 0 Å². The summed E-state index contributed by atoms with van der Waals surface area (Å²) in [4.78, 5) is 11.9. The van der Waals surface area contributed by atoms with Crippen molar-refractivity contribution in [2.45, 2.75) is 71.9 Å². The van der Waals surface area contributed by atoms with E-state index in [0.717, 1.165) is 44.6 Å². The lowest BCUT2D eigenvalue weighted by Crippen LogP contribution is -2.58. The van der Waals surface area contributed by atoms with Crippen LogP contribution in [0.5, 0.6) is 5.75 Å². The van der Waals surface area contributed by atoms with Gasteiger partial charge in [0.05, 0.1) is 17.6 Å². The molecule has 2 aliphatic rings. The number of aromatic nitrogens is 1. The topological polar surface area (TPSA) is 92.2 Å². The summed E-state index contributed by atoms with van der Waals surface area (Å²) in [5.41, 5.74) is 1.72. The molecule has 214 valence electrons. The number of aliphatic hydroxyl groups excluding tert-OH is 1. The zero-order valence-corrected chi connectivity index (χ0v) is 24.8. The van der Waals surface area contributed by atoms with Crippen LogP contribution in [0.2, 0.25) is 0 Å². The van der Waals surface area contributed by atoms with Gasteiger partial charge in [-0.15, -0.1) is 0 Å². The number of allylic oxidation sites excluding steroid dienone is 5. The maximum atomic E-state index is 11.3. The average Bonchev–Trinajstić information content (AvgIpc) is 2.93. The normalized spacial score (nSPS) is 21.0. The molecule has 9 heteroatoms. The molecule has 3 N–H and O–H groups in total. The Bertz CT molecular complexity index is 960. The van der Waals surface area contributed by atoms with Gasteiger partial charge in [0.25, 0.3) is 0 Å². The van der Waals surface area contributed by atoms with Gasteiger partial charge in [-0.1, -0.05) is 46.4 Å². The summed E-state index contributed by atoms with van der Waals surface area (Å²) >= 11 is 0. The van der Waals surface area contributed by atoms with Crippen molar-refractivity contribution in [2.24, 2.45) is 0 Å². The Labute approximate surface area is 232 Å². The fraction of sp³-hybridized carbons (Fsp3) is 0.621. The summed E-state index contributed by atoms with van der Waals surface area (Å²) in [6.45, 7) is 18.4. The van der Waals surface area contributed by atoms with Crippen molar-refractivity contribution in [3.05, 3.63) is 48.4 Å². The van der Waals surface area contributed by atoms with Gasteiger partial charge in [0.1, 0.15) is 11.0 Å². The van der Waals surface area contributed by atoms with Crippen molar-refractivity contribution < 1.29 is 14.4 Å². The van der Waals surface area contributed by atoms with Crippen molar-refractivity contribution in [1.82, 2.24) is 14.8 Å². The quantitative estimate of drug-likeness (QED) is 0.273. The average molecular weight is 548 g/mol. The molecule has 2 atom stereocenters. The molecule has 2 unspecified atom stereocenters. The summed E-state index contributed by atoms with van der Waals surface area (Å²) in [6.07, 6.45) is 13.9. The van der Waals surface area contributed by atoms with E-state index >= 15 is 0 Å². The van der Waals surface area contributed by atoms with Crippen LogP contribution in [-0.4, -0.2) is 86.8 Å². The molecule has 38 heavy (non-hydrogen) atoms. The third-order valence-electron chi connectivity index (χ3n) is 7.40. The van der Waals surface area contributed by atoms with Gasteiger partial charge >= 0.3 is 0 Å². The second kappa shape index (κ2) is 16.6. The number of hydrogen-bond donors (Lipinski definition) is 3. The van der Waals surface area contributed by atoms with Crippen molar-refractivity contribution in [2.75, 3.05) is 55.1 Å². The zero-order chi connectivity index (χ0) is 28.1. The number of piperazine rings is 1. The smallest absolute Gasteiger partial charge is 0.171 e. The van der Waals surface area contributed by atoms with E-state index < -0.39 is 11.0 Å². The number of hydrogen-bond acceptors (Lipinski definition) is 7. The molecule has 1 aromatic rings. The Morgan fingerprint density at radius 1 is 1.16 bits per heavy atom. The molecule has 0 saturated carbocycles. The van der Waals surface area contributed by atoms with E-state index in [0.29, 0.717) is 35.8 Å². The predicted octanol–water partition coefficient (Wildman–Crippen LogP) is 5.24. The first-order valence-electron chi connectivity index (χ1n) is 14.0. The first-order valence-corrected chi connectivity index (χ1v) is 15.5. The second-order valence-electron chi connectivity index (χ2n) is 9.85. The number of piperidine rings is 1. The van der Waals surface area contributed by atoms with Crippen LogP contribution in [-0.2, 0) is 11.0 Å². The molecule has 2 aliphatic heterocycles. The Kier molecular flexibility index (Phi) is 13.9. The minimum atomic E-state index is -1.18. The second-order valence-corrected chi connectivity index (χ2v) is 11.0. The van der Waals surface area contributed by atoms with Gasteiger partial charge in [-0.3, -0.25) is 4.90 Å². The van der Waals surface area contributed by atoms with E-state index in [4.69, 9.17) is 5.11 Å². The molecular formula is C29H49N5O3S. The highest BCUT2D eigenvalue weighted by atomic mass is 32.2. The summed E-state index contributed by atoms with van der Waals surface area (Å²) < 4.78 is 14.1. The van der Waals surface area contributed by atoms with Crippen molar-refractivity contribution in [3.8, 4) is 5.75 Å². The summed E-state index contributed by atoms with van der Waals surface area (Å²) in [5, 5.41) is 19.5. The molecule has 0 aliphatic carbocycles. The Balaban J connectivity index is 0.000000391. The highest BCUT2D eigenvalue weighted by Crippen LogP contribution is 2.31. The van der Waals surface area contributed by atoms with Crippen LogP contribution in [0.1, 0.15) is 59.8 Å². The highest BCUT2D eigenvalue weighted by Gasteiger charge is 2.33. The fourth-order valence-electron chi connectivity index (χ4n) is 5.04.